The fraction of sp³-hybridized carbons (Fsp3) is 0.765. The topological polar surface area (TPSA) is 82.9 Å². The highest BCUT2D eigenvalue weighted by atomic mass is 16.2. The molecule has 0 unspecified atom stereocenters. The minimum absolute atomic E-state index is 0.156. The van der Waals surface area contributed by atoms with Crippen LogP contribution in [0.5, 0.6) is 0 Å². The summed E-state index contributed by atoms with van der Waals surface area (Å²) in [5.74, 6) is -0.312. The molecule has 0 saturated carbocycles. The number of rotatable bonds is 12. The smallest absolute Gasteiger partial charge is 0.240 e. The lowest BCUT2D eigenvalue weighted by atomic mass is 10.2. The first-order valence-corrected chi connectivity index (χ1v) is 8.63. The van der Waals surface area contributed by atoms with Crippen LogP contribution in [0.15, 0.2) is 10.2 Å². The standard InChI is InChI=1S/C17H32N4O2/c1-5-7-10-14(3)18-20-16(22)12-9-13-17(23)21-19-15(4)11-8-6-2/h5-13H2,1-4H3,(H,20,22)(H,21,23)/b18-14+,19-15+. The van der Waals surface area contributed by atoms with Crippen molar-refractivity contribution in [3.8, 4) is 0 Å². The maximum absolute atomic E-state index is 11.6. The van der Waals surface area contributed by atoms with Gasteiger partial charge in [-0.05, 0) is 46.0 Å². The monoisotopic (exact) mass is 324 g/mol. The molecule has 2 N–H and O–H groups in total. The van der Waals surface area contributed by atoms with Crippen LogP contribution in [0, 0.1) is 0 Å². The van der Waals surface area contributed by atoms with Crippen LogP contribution >= 0.6 is 0 Å². The molecule has 0 saturated heterocycles. The molecule has 0 radical (unpaired) electrons. The Morgan fingerprint density at radius 2 is 1.09 bits per heavy atom. The molecule has 0 rings (SSSR count). The Hall–Kier alpha value is -1.72. The van der Waals surface area contributed by atoms with Gasteiger partial charge >= 0.3 is 0 Å². The van der Waals surface area contributed by atoms with E-state index in [0.29, 0.717) is 6.42 Å². The Kier molecular flexibility index (Phi) is 12.9. The minimum Gasteiger partial charge on any atom is -0.273 e. The number of amides is 2. The van der Waals surface area contributed by atoms with E-state index in [1.165, 1.54) is 0 Å². The van der Waals surface area contributed by atoms with E-state index in [1.807, 2.05) is 13.8 Å². The van der Waals surface area contributed by atoms with Crippen LogP contribution in [0.25, 0.3) is 0 Å². The van der Waals surface area contributed by atoms with Gasteiger partial charge in [-0.25, -0.2) is 10.9 Å². The molecule has 6 heteroatoms. The van der Waals surface area contributed by atoms with Crippen molar-refractivity contribution in [1.29, 1.82) is 0 Å². The van der Waals surface area contributed by atoms with Gasteiger partial charge in [0.2, 0.25) is 11.8 Å². The molecular weight excluding hydrogens is 292 g/mol. The summed E-state index contributed by atoms with van der Waals surface area (Å²) >= 11 is 0. The van der Waals surface area contributed by atoms with Crippen LogP contribution in [-0.2, 0) is 9.59 Å². The van der Waals surface area contributed by atoms with E-state index in [2.05, 4.69) is 34.9 Å². The molecule has 6 nitrogen and oxygen atoms in total. The molecule has 0 aliphatic carbocycles. The Morgan fingerprint density at radius 3 is 1.43 bits per heavy atom. The molecule has 0 aromatic rings. The summed E-state index contributed by atoms with van der Waals surface area (Å²) in [5.41, 5.74) is 6.91. The van der Waals surface area contributed by atoms with Gasteiger partial charge in [0.25, 0.3) is 0 Å². The Labute approximate surface area is 140 Å². The normalized spacial score (nSPS) is 12.2. The van der Waals surface area contributed by atoms with Crippen LogP contribution < -0.4 is 10.9 Å². The van der Waals surface area contributed by atoms with Gasteiger partial charge in [0.15, 0.2) is 0 Å². The number of unbranched alkanes of at least 4 members (excludes halogenated alkanes) is 2. The number of hydrogen-bond acceptors (Lipinski definition) is 4. The predicted molar refractivity (Wildman–Crippen MR) is 95.4 cm³/mol. The number of nitrogens with one attached hydrogen (secondary N) is 2. The van der Waals surface area contributed by atoms with Crippen LogP contribution in [0.3, 0.4) is 0 Å². The van der Waals surface area contributed by atoms with Crippen molar-refractivity contribution in [2.75, 3.05) is 0 Å². The molecule has 0 aromatic carbocycles. The van der Waals surface area contributed by atoms with Gasteiger partial charge in [-0.15, -0.1) is 0 Å². The van der Waals surface area contributed by atoms with E-state index in [-0.39, 0.29) is 24.7 Å². The zero-order valence-electron chi connectivity index (χ0n) is 15.1. The quantitative estimate of drug-likeness (QED) is 0.425. The molecule has 0 spiro atoms. The lowest BCUT2D eigenvalue weighted by molar-refractivity contribution is -0.122. The average Bonchev–Trinajstić information content (AvgIpc) is 2.54. The first-order chi connectivity index (χ1) is 11.0. The van der Waals surface area contributed by atoms with Crippen molar-refractivity contribution in [2.24, 2.45) is 10.2 Å². The molecule has 23 heavy (non-hydrogen) atoms. The highest BCUT2D eigenvalue weighted by molar-refractivity contribution is 5.85. The molecule has 132 valence electrons. The largest absolute Gasteiger partial charge is 0.273 e. The fourth-order valence-corrected chi connectivity index (χ4v) is 1.81. The summed E-state index contributed by atoms with van der Waals surface area (Å²) < 4.78 is 0. The fourth-order valence-electron chi connectivity index (χ4n) is 1.81. The Bertz CT molecular complexity index is 379. The summed E-state index contributed by atoms with van der Waals surface area (Å²) in [6.45, 7) is 8.04. The molecule has 0 aliphatic heterocycles. The van der Waals surface area contributed by atoms with Gasteiger partial charge in [0, 0.05) is 24.3 Å². The van der Waals surface area contributed by atoms with Crippen LogP contribution in [0.1, 0.15) is 85.5 Å². The molecule has 0 aromatic heterocycles. The van der Waals surface area contributed by atoms with E-state index in [9.17, 15) is 9.59 Å². The maximum Gasteiger partial charge on any atom is 0.240 e. The zero-order valence-corrected chi connectivity index (χ0v) is 15.1. The van der Waals surface area contributed by atoms with Gasteiger partial charge in [-0.1, -0.05) is 26.7 Å². The van der Waals surface area contributed by atoms with Crippen molar-refractivity contribution in [3.63, 3.8) is 0 Å². The van der Waals surface area contributed by atoms with E-state index in [4.69, 9.17) is 0 Å². The van der Waals surface area contributed by atoms with Crippen molar-refractivity contribution in [3.05, 3.63) is 0 Å². The first kappa shape index (κ1) is 21.3. The molecule has 0 bridgehead atoms. The minimum atomic E-state index is -0.156. The average molecular weight is 324 g/mol. The number of hydrazone groups is 2. The molecule has 0 heterocycles. The zero-order chi connectivity index (χ0) is 17.5. The van der Waals surface area contributed by atoms with E-state index >= 15 is 0 Å². The van der Waals surface area contributed by atoms with Crippen molar-refractivity contribution < 1.29 is 9.59 Å². The lowest BCUT2D eigenvalue weighted by Crippen LogP contribution is -2.21. The van der Waals surface area contributed by atoms with E-state index < -0.39 is 0 Å². The van der Waals surface area contributed by atoms with Crippen molar-refractivity contribution in [2.45, 2.75) is 85.5 Å². The van der Waals surface area contributed by atoms with Gasteiger partial charge in [0.1, 0.15) is 0 Å². The number of nitrogens with zero attached hydrogens (tertiary/aromatic N) is 2. The summed E-state index contributed by atoms with van der Waals surface area (Å²) in [4.78, 5) is 23.2. The number of carbonyl (C=O) groups excluding carboxylic acids is 2. The lowest BCUT2D eigenvalue weighted by Gasteiger charge is -2.03. The summed E-state index contributed by atoms with van der Waals surface area (Å²) in [7, 11) is 0. The Balaban J connectivity index is 3.84. The molecule has 2 amide bonds. The Morgan fingerprint density at radius 1 is 0.696 bits per heavy atom. The second kappa shape index (κ2) is 13.9. The molecule has 0 aliphatic rings. The van der Waals surface area contributed by atoms with E-state index in [1.54, 1.807) is 0 Å². The molecule has 0 fully saturated rings. The van der Waals surface area contributed by atoms with Gasteiger partial charge in [0.05, 0.1) is 0 Å². The van der Waals surface area contributed by atoms with Crippen molar-refractivity contribution in [1.82, 2.24) is 10.9 Å². The second-order valence-electron chi connectivity index (χ2n) is 5.82. The predicted octanol–water partition coefficient (Wildman–Crippen LogP) is 3.52. The number of carbonyl (C=O) groups is 2. The van der Waals surface area contributed by atoms with Crippen LogP contribution in [-0.4, -0.2) is 23.2 Å². The summed E-state index contributed by atoms with van der Waals surface area (Å²) in [5, 5.41) is 8.08. The summed E-state index contributed by atoms with van der Waals surface area (Å²) in [6, 6.07) is 0. The maximum atomic E-state index is 11.6. The van der Waals surface area contributed by atoms with Crippen LogP contribution in [0.4, 0.5) is 0 Å². The van der Waals surface area contributed by atoms with Crippen molar-refractivity contribution >= 4 is 23.2 Å². The molecule has 0 atom stereocenters. The third-order valence-corrected chi connectivity index (χ3v) is 3.33. The highest BCUT2D eigenvalue weighted by Gasteiger charge is 2.04. The van der Waals surface area contributed by atoms with Crippen LogP contribution in [0.2, 0.25) is 0 Å². The summed E-state index contributed by atoms with van der Waals surface area (Å²) in [6.07, 6.45) is 7.22. The first-order valence-electron chi connectivity index (χ1n) is 8.63. The highest BCUT2D eigenvalue weighted by Crippen LogP contribution is 1.99. The third-order valence-electron chi connectivity index (χ3n) is 3.33. The second-order valence-corrected chi connectivity index (χ2v) is 5.82. The molecular formula is C17H32N4O2. The number of hydrogen-bond donors (Lipinski definition) is 2. The van der Waals surface area contributed by atoms with Gasteiger partial charge < -0.3 is 0 Å². The van der Waals surface area contributed by atoms with Gasteiger partial charge in [-0.2, -0.15) is 10.2 Å². The van der Waals surface area contributed by atoms with Gasteiger partial charge in [-0.3, -0.25) is 9.59 Å². The third kappa shape index (κ3) is 13.7. The van der Waals surface area contributed by atoms with E-state index in [0.717, 1.165) is 49.9 Å². The SMILES string of the molecule is CCCC/C(C)=N/NC(=O)CCCC(=O)N/N=C(\C)CCCC.